The van der Waals surface area contributed by atoms with E-state index in [2.05, 4.69) is 20.7 Å². The highest BCUT2D eigenvalue weighted by molar-refractivity contribution is 9.10. The highest BCUT2D eigenvalue weighted by atomic mass is 79.9. The van der Waals surface area contributed by atoms with Gasteiger partial charge < -0.3 is 14.2 Å². The molecule has 0 bridgehead atoms. The largest absolute Gasteiger partial charge is 0.497 e. The lowest BCUT2D eigenvalue weighted by Gasteiger charge is -2.28. The zero-order valence-electron chi connectivity index (χ0n) is 16.3. The first-order chi connectivity index (χ1) is 13.5. The Balaban J connectivity index is 2.48. The Hall–Kier alpha value is -2.06. The first kappa shape index (κ1) is 23.2. The minimum atomic E-state index is -3.02. The Morgan fingerprint density at radius 1 is 1.17 bits per heavy atom. The number of nitrogens with zero attached hydrogens (tertiary/aromatic N) is 1. The minimum absolute atomic E-state index is 0.0865. The molecule has 0 saturated carbocycles. The highest BCUT2D eigenvalue weighted by Gasteiger charge is 2.27. The molecule has 0 heterocycles. The van der Waals surface area contributed by atoms with E-state index in [1.165, 1.54) is 17.0 Å². The van der Waals surface area contributed by atoms with E-state index in [9.17, 15) is 13.6 Å². The number of anilines is 1. The molecule has 0 N–H and O–H groups in total. The SMILES string of the molecule is COc1ccc(CN(C(=O)OC(C)(C)C)c2cc(OC(F)F)cc(Br)c2Cl)cc1. The molecular weight excluding hydrogens is 472 g/mol. The summed E-state index contributed by atoms with van der Waals surface area (Å²) in [7, 11) is 1.55. The Morgan fingerprint density at radius 3 is 2.31 bits per heavy atom. The van der Waals surface area contributed by atoms with Crippen molar-refractivity contribution in [1.82, 2.24) is 0 Å². The zero-order valence-corrected chi connectivity index (χ0v) is 18.7. The number of carbonyl (C=O) groups excluding carboxylic acids is 1. The predicted molar refractivity (Wildman–Crippen MR) is 111 cm³/mol. The number of hydrogen-bond donors (Lipinski definition) is 0. The van der Waals surface area contributed by atoms with Crippen molar-refractivity contribution in [3.8, 4) is 11.5 Å². The normalized spacial score (nSPS) is 11.3. The Kier molecular flexibility index (Phi) is 7.71. The van der Waals surface area contributed by atoms with E-state index in [0.717, 1.165) is 5.56 Å². The van der Waals surface area contributed by atoms with Crippen molar-refractivity contribution in [1.29, 1.82) is 0 Å². The number of rotatable bonds is 6. The molecule has 0 aliphatic rings. The van der Waals surface area contributed by atoms with Crippen molar-refractivity contribution in [3.05, 3.63) is 51.5 Å². The van der Waals surface area contributed by atoms with Gasteiger partial charge in [-0.3, -0.25) is 4.90 Å². The number of amides is 1. The van der Waals surface area contributed by atoms with Gasteiger partial charge in [0.1, 0.15) is 17.1 Å². The third-order valence-corrected chi connectivity index (χ3v) is 4.86. The van der Waals surface area contributed by atoms with E-state index >= 15 is 0 Å². The number of ether oxygens (including phenoxy) is 3. The lowest BCUT2D eigenvalue weighted by molar-refractivity contribution is -0.0498. The van der Waals surface area contributed by atoms with Gasteiger partial charge in [-0.25, -0.2) is 4.79 Å². The lowest BCUT2D eigenvalue weighted by Crippen LogP contribution is -2.36. The van der Waals surface area contributed by atoms with Crippen molar-refractivity contribution in [2.45, 2.75) is 39.5 Å². The van der Waals surface area contributed by atoms with Crippen molar-refractivity contribution < 1.29 is 27.8 Å². The molecule has 2 aromatic rings. The lowest BCUT2D eigenvalue weighted by atomic mass is 10.2. The van der Waals surface area contributed by atoms with Crippen LogP contribution < -0.4 is 14.4 Å². The Morgan fingerprint density at radius 2 is 1.79 bits per heavy atom. The summed E-state index contributed by atoms with van der Waals surface area (Å²) in [5.41, 5.74) is 0.154. The van der Waals surface area contributed by atoms with Crippen LogP contribution in [0.2, 0.25) is 5.02 Å². The molecule has 5 nitrogen and oxygen atoms in total. The van der Waals surface area contributed by atoms with Crippen LogP contribution in [0.4, 0.5) is 19.3 Å². The highest BCUT2D eigenvalue weighted by Crippen LogP contribution is 2.39. The Bertz CT molecular complexity index is 857. The smallest absolute Gasteiger partial charge is 0.415 e. The summed E-state index contributed by atoms with van der Waals surface area (Å²) in [6, 6.07) is 9.62. The van der Waals surface area contributed by atoms with Gasteiger partial charge in [-0.2, -0.15) is 8.78 Å². The summed E-state index contributed by atoms with van der Waals surface area (Å²) < 4.78 is 40.8. The Labute approximate surface area is 181 Å². The van der Waals surface area contributed by atoms with Crippen molar-refractivity contribution >= 4 is 39.3 Å². The standard InChI is InChI=1S/C20H21BrClF2NO4/c1-20(2,3)29-19(26)25(11-12-5-7-13(27-4)8-6-12)16-10-14(28-18(23)24)9-15(21)17(16)22/h5-10,18H,11H2,1-4H3. The quantitative estimate of drug-likeness (QED) is 0.453. The summed E-state index contributed by atoms with van der Waals surface area (Å²) in [6.45, 7) is 2.25. The molecule has 0 fully saturated rings. The summed E-state index contributed by atoms with van der Waals surface area (Å²) in [5.74, 6) is 0.514. The third kappa shape index (κ3) is 6.75. The molecule has 1 amide bonds. The van der Waals surface area contributed by atoms with Crippen molar-refractivity contribution in [2.24, 2.45) is 0 Å². The van der Waals surface area contributed by atoms with Gasteiger partial charge in [0.25, 0.3) is 0 Å². The van der Waals surface area contributed by atoms with Gasteiger partial charge in [-0.05, 0) is 60.5 Å². The van der Waals surface area contributed by atoms with E-state index in [1.807, 2.05) is 0 Å². The van der Waals surface area contributed by atoms with E-state index in [0.29, 0.717) is 10.2 Å². The van der Waals surface area contributed by atoms with Crippen LogP contribution >= 0.6 is 27.5 Å². The fraction of sp³-hybridized carbons (Fsp3) is 0.350. The van der Waals surface area contributed by atoms with Crippen LogP contribution in [0.1, 0.15) is 26.3 Å². The van der Waals surface area contributed by atoms with Crippen LogP contribution in [-0.4, -0.2) is 25.4 Å². The minimum Gasteiger partial charge on any atom is -0.497 e. The van der Waals surface area contributed by atoms with Crippen LogP contribution in [0.15, 0.2) is 40.9 Å². The number of halogens is 4. The van der Waals surface area contributed by atoms with Crippen molar-refractivity contribution in [2.75, 3.05) is 12.0 Å². The van der Waals surface area contributed by atoms with Crippen LogP contribution in [-0.2, 0) is 11.3 Å². The van der Waals surface area contributed by atoms with Gasteiger partial charge in [0.2, 0.25) is 0 Å². The molecular formula is C20H21BrClF2NO4. The average Bonchev–Trinajstić information content (AvgIpc) is 2.61. The number of methoxy groups -OCH3 is 1. The molecule has 0 aromatic heterocycles. The molecule has 0 spiro atoms. The number of alkyl halides is 2. The van der Waals surface area contributed by atoms with Crippen LogP contribution in [0, 0.1) is 0 Å². The van der Waals surface area contributed by atoms with Crippen LogP contribution in [0.3, 0.4) is 0 Å². The fourth-order valence-electron chi connectivity index (χ4n) is 2.40. The maximum atomic E-state index is 12.9. The molecule has 0 aliphatic carbocycles. The molecule has 2 aromatic carbocycles. The van der Waals surface area contributed by atoms with E-state index < -0.39 is 18.3 Å². The van der Waals surface area contributed by atoms with E-state index in [4.69, 9.17) is 21.1 Å². The average molecular weight is 493 g/mol. The third-order valence-electron chi connectivity index (χ3n) is 3.61. The fourth-order valence-corrected chi connectivity index (χ4v) is 3.04. The maximum Gasteiger partial charge on any atom is 0.415 e. The van der Waals surface area contributed by atoms with Gasteiger partial charge in [0.05, 0.1) is 24.4 Å². The van der Waals surface area contributed by atoms with Crippen LogP contribution in [0.5, 0.6) is 11.5 Å². The topological polar surface area (TPSA) is 48.0 Å². The second-order valence-electron chi connectivity index (χ2n) is 7.03. The second-order valence-corrected chi connectivity index (χ2v) is 8.26. The predicted octanol–water partition coefficient (Wildman–Crippen LogP) is 6.65. The van der Waals surface area contributed by atoms with Crippen LogP contribution in [0.25, 0.3) is 0 Å². The molecule has 0 aliphatic heterocycles. The summed E-state index contributed by atoms with van der Waals surface area (Å²) in [5, 5.41) is 0.158. The van der Waals surface area contributed by atoms with E-state index in [-0.39, 0.29) is 23.0 Å². The van der Waals surface area contributed by atoms with Gasteiger partial charge in [-0.1, -0.05) is 23.7 Å². The van der Waals surface area contributed by atoms with Gasteiger partial charge >= 0.3 is 12.7 Å². The molecule has 0 unspecified atom stereocenters. The molecule has 9 heteroatoms. The van der Waals surface area contributed by atoms with Gasteiger partial charge in [0, 0.05) is 10.5 Å². The second kappa shape index (κ2) is 9.63. The van der Waals surface area contributed by atoms with Crippen molar-refractivity contribution in [3.63, 3.8) is 0 Å². The molecule has 158 valence electrons. The van der Waals surface area contributed by atoms with E-state index in [1.54, 1.807) is 52.1 Å². The molecule has 0 radical (unpaired) electrons. The molecule has 29 heavy (non-hydrogen) atoms. The molecule has 0 atom stereocenters. The number of hydrogen-bond acceptors (Lipinski definition) is 4. The zero-order chi connectivity index (χ0) is 21.8. The first-order valence-corrected chi connectivity index (χ1v) is 9.74. The summed E-state index contributed by atoms with van der Waals surface area (Å²) in [4.78, 5) is 14.2. The maximum absolute atomic E-state index is 12.9. The number of carbonyl (C=O) groups is 1. The number of benzene rings is 2. The monoisotopic (exact) mass is 491 g/mol. The summed E-state index contributed by atoms with van der Waals surface area (Å²) in [6.07, 6.45) is -0.684. The van der Waals surface area contributed by atoms with Gasteiger partial charge in [0.15, 0.2) is 0 Å². The summed E-state index contributed by atoms with van der Waals surface area (Å²) >= 11 is 9.58. The first-order valence-electron chi connectivity index (χ1n) is 8.57. The molecule has 2 rings (SSSR count). The van der Waals surface area contributed by atoms with Gasteiger partial charge in [-0.15, -0.1) is 0 Å². The molecule has 0 saturated heterocycles.